The van der Waals surface area contributed by atoms with Crippen LogP contribution in [0.5, 0.6) is 0 Å². The minimum absolute atomic E-state index is 0.264. The molecule has 0 fully saturated rings. The van der Waals surface area contributed by atoms with E-state index in [0.29, 0.717) is 10.9 Å². The minimum Gasteiger partial charge on any atom is -0.341 e. The first-order valence-electron chi connectivity index (χ1n) is 7.39. The van der Waals surface area contributed by atoms with Gasteiger partial charge in [0.05, 0.1) is 10.5 Å². The molecule has 1 aromatic heterocycles. The lowest BCUT2D eigenvalue weighted by Gasteiger charge is -2.21. The highest BCUT2D eigenvalue weighted by molar-refractivity contribution is 6.34. The predicted octanol–water partition coefficient (Wildman–Crippen LogP) is 5.39. The number of hydrogen-bond donors (Lipinski definition) is 1. The zero-order valence-corrected chi connectivity index (χ0v) is 13.1. The summed E-state index contributed by atoms with van der Waals surface area (Å²) in [4.78, 5) is 8.23. The van der Waals surface area contributed by atoms with Crippen molar-refractivity contribution in [2.24, 2.45) is 5.92 Å². The maximum absolute atomic E-state index is 6.25. The van der Waals surface area contributed by atoms with E-state index in [1.165, 1.54) is 5.56 Å². The maximum Gasteiger partial charge on any atom is 0.115 e. The van der Waals surface area contributed by atoms with E-state index in [1.54, 1.807) is 0 Å². The molecule has 3 aromatic rings. The van der Waals surface area contributed by atoms with Gasteiger partial charge in [-0.05, 0) is 23.6 Å². The molecule has 3 heteroatoms. The lowest BCUT2D eigenvalue weighted by molar-refractivity contribution is 0.482. The molecular formula is C18H19ClN2. The second kappa shape index (κ2) is 5.90. The first-order valence-corrected chi connectivity index (χ1v) is 7.77. The molecule has 1 heterocycles. The number of hydrogen-bond acceptors (Lipinski definition) is 1. The third-order valence-corrected chi connectivity index (χ3v) is 4.45. The van der Waals surface area contributed by atoms with Crippen LogP contribution in [0.4, 0.5) is 0 Å². The maximum atomic E-state index is 6.25. The zero-order valence-electron chi connectivity index (χ0n) is 12.3. The Hall–Kier alpha value is -1.80. The van der Waals surface area contributed by atoms with E-state index in [-0.39, 0.29) is 5.92 Å². The van der Waals surface area contributed by atoms with Gasteiger partial charge in [-0.15, -0.1) is 0 Å². The number of rotatable bonds is 4. The Bertz CT molecular complexity index is 733. The van der Waals surface area contributed by atoms with Gasteiger partial charge in [-0.3, -0.25) is 0 Å². The summed E-state index contributed by atoms with van der Waals surface area (Å²) in [5.74, 6) is 1.77. The molecule has 0 saturated carbocycles. The summed E-state index contributed by atoms with van der Waals surface area (Å²) < 4.78 is 0. The van der Waals surface area contributed by atoms with E-state index in [9.17, 15) is 0 Å². The lowest BCUT2D eigenvalue weighted by atomic mass is 9.85. The summed E-state index contributed by atoms with van der Waals surface area (Å²) >= 11 is 6.25. The number of H-pyrrole nitrogens is 1. The first-order chi connectivity index (χ1) is 10.2. The van der Waals surface area contributed by atoms with Gasteiger partial charge in [0.15, 0.2) is 0 Å². The molecule has 0 amide bonds. The van der Waals surface area contributed by atoms with Gasteiger partial charge in [-0.2, -0.15) is 0 Å². The number of fused-ring (bicyclic) bond motifs is 1. The molecule has 2 aromatic carbocycles. The highest BCUT2D eigenvalue weighted by Gasteiger charge is 2.23. The van der Waals surface area contributed by atoms with Gasteiger partial charge in [0.25, 0.3) is 0 Å². The summed E-state index contributed by atoms with van der Waals surface area (Å²) in [6, 6.07) is 16.4. The van der Waals surface area contributed by atoms with Crippen LogP contribution in [0.1, 0.15) is 37.6 Å². The molecular weight excluding hydrogens is 280 g/mol. The van der Waals surface area contributed by atoms with Crippen LogP contribution >= 0.6 is 11.6 Å². The second-order valence-electron chi connectivity index (χ2n) is 5.53. The van der Waals surface area contributed by atoms with Gasteiger partial charge in [0, 0.05) is 5.92 Å². The summed E-state index contributed by atoms with van der Waals surface area (Å²) in [5.41, 5.74) is 3.15. The summed E-state index contributed by atoms with van der Waals surface area (Å²) in [5, 5.41) is 0.700. The standard InChI is InChI=1S/C18H19ClN2/c1-3-12(2)16(13-8-5-4-6-9-13)18-20-15-11-7-10-14(19)17(15)21-18/h4-12,16H,3H2,1-2H3,(H,20,21). The SMILES string of the molecule is CCC(C)C(c1ccccc1)c1nc2c(Cl)cccc2[nH]1. The molecule has 3 rings (SSSR count). The molecule has 2 nitrogen and oxygen atoms in total. The third-order valence-electron chi connectivity index (χ3n) is 4.15. The Morgan fingerprint density at radius 2 is 1.86 bits per heavy atom. The van der Waals surface area contributed by atoms with Crippen LogP contribution in [0.3, 0.4) is 0 Å². The van der Waals surface area contributed by atoms with Crippen molar-refractivity contribution in [2.75, 3.05) is 0 Å². The van der Waals surface area contributed by atoms with Gasteiger partial charge >= 0.3 is 0 Å². The van der Waals surface area contributed by atoms with Crippen molar-refractivity contribution >= 4 is 22.6 Å². The fourth-order valence-corrected chi connectivity index (χ4v) is 3.03. The number of aromatic amines is 1. The molecule has 1 N–H and O–H groups in total. The number of para-hydroxylation sites is 1. The number of nitrogens with zero attached hydrogens (tertiary/aromatic N) is 1. The number of nitrogens with one attached hydrogen (secondary N) is 1. The van der Waals surface area contributed by atoms with Gasteiger partial charge in [-0.25, -0.2) is 4.98 Å². The van der Waals surface area contributed by atoms with Crippen LogP contribution in [0, 0.1) is 5.92 Å². The molecule has 2 unspecified atom stereocenters. The fourth-order valence-electron chi connectivity index (χ4n) is 2.82. The molecule has 2 atom stereocenters. The van der Waals surface area contributed by atoms with Crippen molar-refractivity contribution in [1.82, 2.24) is 9.97 Å². The van der Waals surface area contributed by atoms with Crippen molar-refractivity contribution in [3.63, 3.8) is 0 Å². The Morgan fingerprint density at radius 3 is 2.52 bits per heavy atom. The van der Waals surface area contributed by atoms with Crippen LogP contribution in [0.2, 0.25) is 5.02 Å². The van der Waals surface area contributed by atoms with Gasteiger partial charge in [0.2, 0.25) is 0 Å². The monoisotopic (exact) mass is 298 g/mol. The van der Waals surface area contributed by atoms with E-state index in [1.807, 2.05) is 24.3 Å². The minimum atomic E-state index is 0.264. The molecule has 0 aliphatic rings. The van der Waals surface area contributed by atoms with Crippen molar-refractivity contribution in [2.45, 2.75) is 26.2 Å². The average molecular weight is 299 g/mol. The Labute approximate surface area is 130 Å². The topological polar surface area (TPSA) is 28.7 Å². The van der Waals surface area contributed by atoms with Crippen LogP contribution in [-0.4, -0.2) is 9.97 Å². The number of benzene rings is 2. The van der Waals surface area contributed by atoms with Gasteiger partial charge in [-0.1, -0.05) is 68.3 Å². The molecule has 21 heavy (non-hydrogen) atoms. The summed E-state index contributed by atoms with van der Waals surface area (Å²) in [6.45, 7) is 4.49. The first kappa shape index (κ1) is 14.2. The number of aromatic nitrogens is 2. The highest BCUT2D eigenvalue weighted by atomic mass is 35.5. The Kier molecular flexibility index (Phi) is 3.98. The molecule has 108 valence electrons. The predicted molar refractivity (Wildman–Crippen MR) is 88.8 cm³/mol. The summed E-state index contributed by atoms with van der Waals surface area (Å²) in [7, 11) is 0. The van der Waals surface area contributed by atoms with E-state index in [0.717, 1.165) is 23.3 Å². The van der Waals surface area contributed by atoms with Crippen molar-refractivity contribution in [1.29, 1.82) is 0 Å². The lowest BCUT2D eigenvalue weighted by Crippen LogP contribution is -2.12. The Balaban J connectivity index is 2.12. The van der Waals surface area contributed by atoms with Crippen LogP contribution in [-0.2, 0) is 0 Å². The fraction of sp³-hybridized carbons (Fsp3) is 0.278. The van der Waals surface area contributed by atoms with Crippen molar-refractivity contribution < 1.29 is 0 Å². The smallest absolute Gasteiger partial charge is 0.115 e. The van der Waals surface area contributed by atoms with Crippen LogP contribution in [0.25, 0.3) is 11.0 Å². The van der Waals surface area contributed by atoms with Gasteiger partial charge < -0.3 is 4.98 Å². The van der Waals surface area contributed by atoms with E-state index in [2.05, 4.69) is 43.1 Å². The van der Waals surface area contributed by atoms with Crippen LogP contribution < -0.4 is 0 Å². The molecule has 0 radical (unpaired) electrons. The van der Waals surface area contributed by atoms with E-state index in [4.69, 9.17) is 16.6 Å². The summed E-state index contributed by atoms with van der Waals surface area (Å²) in [6.07, 6.45) is 1.10. The quantitative estimate of drug-likeness (QED) is 0.687. The normalized spacial score (nSPS) is 14.2. The van der Waals surface area contributed by atoms with Crippen molar-refractivity contribution in [3.05, 3.63) is 64.9 Å². The second-order valence-corrected chi connectivity index (χ2v) is 5.94. The molecule has 0 saturated heterocycles. The zero-order chi connectivity index (χ0) is 14.8. The average Bonchev–Trinajstić information content (AvgIpc) is 2.93. The molecule has 0 spiro atoms. The van der Waals surface area contributed by atoms with E-state index >= 15 is 0 Å². The van der Waals surface area contributed by atoms with Crippen molar-refractivity contribution in [3.8, 4) is 0 Å². The number of halogens is 1. The molecule has 0 bridgehead atoms. The molecule has 0 aliphatic heterocycles. The largest absolute Gasteiger partial charge is 0.341 e. The highest BCUT2D eigenvalue weighted by Crippen LogP contribution is 2.34. The van der Waals surface area contributed by atoms with Crippen LogP contribution in [0.15, 0.2) is 48.5 Å². The van der Waals surface area contributed by atoms with Gasteiger partial charge in [0.1, 0.15) is 11.3 Å². The third kappa shape index (κ3) is 2.68. The number of imidazole rings is 1. The van der Waals surface area contributed by atoms with E-state index < -0.39 is 0 Å². The Morgan fingerprint density at radius 1 is 1.10 bits per heavy atom. The molecule has 0 aliphatic carbocycles.